The van der Waals surface area contributed by atoms with Gasteiger partial charge < -0.3 is 9.84 Å². The maximum Gasteiger partial charge on any atom is 0.118 e. The van der Waals surface area contributed by atoms with Crippen LogP contribution in [0.15, 0.2) is 11.8 Å². The fourth-order valence-electron chi connectivity index (χ4n) is 1.40. The van der Waals surface area contributed by atoms with Crippen molar-refractivity contribution in [1.82, 2.24) is 0 Å². The predicted molar refractivity (Wildman–Crippen MR) is 37.4 cm³/mol. The monoisotopic (exact) mass is 140 g/mol. The molecule has 0 aromatic heterocycles. The molecule has 2 rings (SSSR count). The van der Waals surface area contributed by atoms with Crippen LogP contribution in [0.2, 0.25) is 0 Å². The summed E-state index contributed by atoms with van der Waals surface area (Å²) in [7, 11) is 0. The lowest BCUT2D eigenvalue weighted by Gasteiger charge is -2.09. The summed E-state index contributed by atoms with van der Waals surface area (Å²) in [5, 5.41) is 8.69. The second kappa shape index (κ2) is 2.27. The summed E-state index contributed by atoms with van der Waals surface area (Å²) in [4.78, 5) is 0. The highest BCUT2D eigenvalue weighted by Crippen LogP contribution is 2.39. The first-order valence-corrected chi connectivity index (χ1v) is 3.86. The Morgan fingerprint density at radius 3 is 2.90 bits per heavy atom. The second-order valence-electron chi connectivity index (χ2n) is 3.06. The summed E-state index contributed by atoms with van der Waals surface area (Å²) in [6.45, 7) is 0.0726. The van der Waals surface area contributed by atoms with Crippen LogP contribution in [0.25, 0.3) is 0 Å². The number of hydrogen-bond acceptors (Lipinski definition) is 2. The molecule has 2 nitrogen and oxygen atoms in total. The van der Waals surface area contributed by atoms with Gasteiger partial charge in [-0.3, -0.25) is 0 Å². The van der Waals surface area contributed by atoms with Crippen molar-refractivity contribution in [3.8, 4) is 0 Å². The van der Waals surface area contributed by atoms with Crippen LogP contribution in [0, 0.1) is 5.92 Å². The van der Waals surface area contributed by atoms with Crippen molar-refractivity contribution < 1.29 is 9.84 Å². The molecule has 0 radical (unpaired) electrons. The summed E-state index contributed by atoms with van der Waals surface area (Å²) in [5.74, 6) is 1.57. The van der Waals surface area contributed by atoms with Crippen molar-refractivity contribution in [2.75, 3.05) is 6.61 Å². The minimum absolute atomic E-state index is 0.0726. The fraction of sp³-hybridized carbons (Fsp3) is 0.750. The van der Waals surface area contributed by atoms with Crippen molar-refractivity contribution >= 4 is 0 Å². The molecule has 1 N–H and O–H groups in total. The quantitative estimate of drug-likeness (QED) is 0.621. The van der Waals surface area contributed by atoms with Gasteiger partial charge in [0.25, 0.3) is 0 Å². The number of aliphatic hydroxyl groups excluding tert-OH is 1. The van der Waals surface area contributed by atoms with Crippen LogP contribution in [0.4, 0.5) is 0 Å². The first-order valence-electron chi connectivity index (χ1n) is 3.86. The third-order valence-electron chi connectivity index (χ3n) is 2.18. The Morgan fingerprint density at radius 2 is 2.40 bits per heavy atom. The maximum atomic E-state index is 8.69. The van der Waals surface area contributed by atoms with Gasteiger partial charge in [-0.2, -0.15) is 0 Å². The maximum absolute atomic E-state index is 8.69. The predicted octanol–water partition coefficient (Wildman–Crippen LogP) is 1.06. The van der Waals surface area contributed by atoms with Gasteiger partial charge in [0.05, 0.1) is 0 Å². The van der Waals surface area contributed by atoms with E-state index in [0.717, 1.165) is 18.1 Å². The molecule has 2 aliphatic rings. The van der Waals surface area contributed by atoms with Crippen LogP contribution in [-0.4, -0.2) is 17.8 Å². The number of aliphatic hydroxyl groups is 1. The standard InChI is InChI=1S/C8H12O2/c9-5-7-3-4-8(10-7)6-1-2-6/h3,6,8-9H,1-2,4-5H2/t8-/m0/s1. The average molecular weight is 140 g/mol. The molecule has 1 aliphatic carbocycles. The van der Waals surface area contributed by atoms with Crippen LogP contribution in [0.3, 0.4) is 0 Å². The van der Waals surface area contributed by atoms with Gasteiger partial charge >= 0.3 is 0 Å². The molecule has 1 saturated carbocycles. The van der Waals surface area contributed by atoms with Crippen molar-refractivity contribution in [1.29, 1.82) is 0 Å². The Morgan fingerprint density at radius 1 is 1.60 bits per heavy atom. The first-order chi connectivity index (χ1) is 4.90. The highest BCUT2D eigenvalue weighted by molar-refractivity contribution is 5.04. The molecule has 56 valence electrons. The number of ether oxygens (including phenoxy) is 1. The molecule has 0 aromatic carbocycles. The largest absolute Gasteiger partial charge is 0.492 e. The van der Waals surface area contributed by atoms with Gasteiger partial charge in [-0.15, -0.1) is 0 Å². The zero-order chi connectivity index (χ0) is 6.97. The molecule has 0 aromatic rings. The van der Waals surface area contributed by atoms with E-state index in [9.17, 15) is 0 Å². The van der Waals surface area contributed by atoms with E-state index in [-0.39, 0.29) is 6.61 Å². The highest BCUT2D eigenvalue weighted by atomic mass is 16.5. The van der Waals surface area contributed by atoms with Gasteiger partial charge in [0.2, 0.25) is 0 Å². The topological polar surface area (TPSA) is 29.5 Å². The molecule has 0 bridgehead atoms. The zero-order valence-electron chi connectivity index (χ0n) is 5.92. The van der Waals surface area contributed by atoms with Crippen molar-refractivity contribution in [3.05, 3.63) is 11.8 Å². The SMILES string of the molecule is OCC1=CC[C@@H](C2CC2)O1. The lowest BCUT2D eigenvalue weighted by Crippen LogP contribution is -2.08. The van der Waals surface area contributed by atoms with Gasteiger partial charge in [0.15, 0.2) is 0 Å². The summed E-state index contributed by atoms with van der Waals surface area (Å²) in [6, 6.07) is 0. The van der Waals surface area contributed by atoms with Crippen molar-refractivity contribution in [2.45, 2.75) is 25.4 Å². The number of rotatable bonds is 2. The van der Waals surface area contributed by atoms with Gasteiger partial charge in [-0.1, -0.05) is 0 Å². The van der Waals surface area contributed by atoms with E-state index in [1.165, 1.54) is 12.8 Å². The molecule has 0 saturated heterocycles. The third kappa shape index (κ3) is 1.03. The lowest BCUT2D eigenvalue weighted by molar-refractivity contribution is 0.0982. The highest BCUT2D eigenvalue weighted by Gasteiger charge is 2.34. The molecule has 10 heavy (non-hydrogen) atoms. The summed E-state index contributed by atoms with van der Waals surface area (Å²) in [5.41, 5.74) is 0. The summed E-state index contributed by atoms with van der Waals surface area (Å²) in [6.07, 6.45) is 6.06. The van der Waals surface area contributed by atoms with Gasteiger partial charge in [0.1, 0.15) is 18.5 Å². The van der Waals surface area contributed by atoms with E-state index in [2.05, 4.69) is 0 Å². The molecular weight excluding hydrogens is 128 g/mol. The van der Waals surface area contributed by atoms with E-state index < -0.39 is 0 Å². The van der Waals surface area contributed by atoms with E-state index >= 15 is 0 Å². The second-order valence-corrected chi connectivity index (χ2v) is 3.06. The van der Waals surface area contributed by atoms with Gasteiger partial charge in [-0.05, 0) is 24.8 Å². The zero-order valence-corrected chi connectivity index (χ0v) is 5.92. The number of hydrogen-bond donors (Lipinski definition) is 1. The molecule has 1 atom stereocenters. The molecule has 0 amide bonds. The minimum atomic E-state index is 0.0726. The summed E-state index contributed by atoms with van der Waals surface area (Å²) >= 11 is 0. The molecule has 1 fully saturated rings. The molecule has 2 heteroatoms. The van der Waals surface area contributed by atoms with Gasteiger partial charge in [-0.25, -0.2) is 0 Å². The van der Waals surface area contributed by atoms with E-state index in [4.69, 9.17) is 9.84 Å². The van der Waals surface area contributed by atoms with E-state index in [1.807, 2.05) is 6.08 Å². The van der Waals surface area contributed by atoms with Crippen molar-refractivity contribution in [3.63, 3.8) is 0 Å². The Kier molecular flexibility index (Phi) is 1.42. The van der Waals surface area contributed by atoms with E-state index in [0.29, 0.717) is 6.10 Å². The smallest absolute Gasteiger partial charge is 0.118 e. The van der Waals surface area contributed by atoms with Crippen LogP contribution in [-0.2, 0) is 4.74 Å². The van der Waals surface area contributed by atoms with E-state index in [1.54, 1.807) is 0 Å². The fourth-order valence-corrected chi connectivity index (χ4v) is 1.40. The molecular formula is C8H12O2. The Hall–Kier alpha value is -0.500. The van der Waals surface area contributed by atoms with Crippen LogP contribution >= 0.6 is 0 Å². The van der Waals surface area contributed by atoms with Crippen LogP contribution in [0.1, 0.15) is 19.3 Å². The van der Waals surface area contributed by atoms with Crippen molar-refractivity contribution in [2.24, 2.45) is 5.92 Å². The first kappa shape index (κ1) is 6.23. The summed E-state index contributed by atoms with van der Waals surface area (Å²) < 4.78 is 5.45. The average Bonchev–Trinajstić information content (AvgIpc) is 2.70. The molecule has 0 spiro atoms. The Labute approximate surface area is 60.5 Å². The Balaban J connectivity index is 1.86. The molecule has 1 heterocycles. The van der Waals surface area contributed by atoms with Gasteiger partial charge in [0, 0.05) is 6.42 Å². The lowest BCUT2D eigenvalue weighted by atomic mass is 10.2. The molecule has 1 aliphatic heterocycles. The van der Waals surface area contributed by atoms with Crippen LogP contribution < -0.4 is 0 Å². The third-order valence-corrected chi connectivity index (χ3v) is 2.18. The Bertz CT molecular complexity index is 159. The van der Waals surface area contributed by atoms with Crippen LogP contribution in [0.5, 0.6) is 0 Å². The normalized spacial score (nSPS) is 31.7. The molecule has 0 unspecified atom stereocenters. The minimum Gasteiger partial charge on any atom is -0.492 e.